The molecule has 2 aromatic rings. The van der Waals surface area contributed by atoms with Gasteiger partial charge >= 0.3 is 0 Å². The first kappa shape index (κ1) is 16.2. The highest BCUT2D eigenvalue weighted by molar-refractivity contribution is 5.87. The van der Waals surface area contributed by atoms with Crippen LogP contribution in [0.1, 0.15) is 30.9 Å². The first-order valence-electron chi connectivity index (χ1n) is 8.09. The number of amides is 2. The molecule has 0 saturated carbocycles. The molecule has 1 aromatic carbocycles. The van der Waals surface area contributed by atoms with E-state index in [1.54, 1.807) is 15.9 Å². The molecular formula is C17H21N5O2. The van der Waals surface area contributed by atoms with E-state index in [2.05, 4.69) is 15.4 Å². The molecule has 1 N–H and O–H groups in total. The molecule has 2 amide bonds. The van der Waals surface area contributed by atoms with Crippen LogP contribution in [-0.4, -0.2) is 44.1 Å². The van der Waals surface area contributed by atoms with Gasteiger partial charge in [0.15, 0.2) is 0 Å². The Morgan fingerprint density at radius 2 is 2.08 bits per heavy atom. The number of rotatable bonds is 5. The van der Waals surface area contributed by atoms with Crippen LogP contribution in [0.5, 0.6) is 0 Å². The van der Waals surface area contributed by atoms with E-state index in [9.17, 15) is 9.59 Å². The van der Waals surface area contributed by atoms with Crippen LogP contribution in [0.3, 0.4) is 0 Å². The molecule has 1 aliphatic rings. The maximum absolute atomic E-state index is 12.4. The van der Waals surface area contributed by atoms with E-state index >= 15 is 0 Å². The number of aromatic nitrogens is 3. The third-order valence-electron chi connectivity index (χ3n) is 4.33. The van der Waals surface area contributed by atoms with Crippen LogP contribution in [0.15, 0.2) is 36.9 Å². The number of likely N-dealkylation sites (tertiary alicyclic amines) is 1. The lowest BCUT2D eigenvalue weighted by Gasteiger charge is -2.22. The fourth-order valence-corrected chi connectivity index (χ4v) is 3.09. The van der Waals surface area contributed by atoms with Crippen LogP contribution in [0.25, 0.3) is 0 Å². The lowest BCUT2D eigenvalue weighted by atomic mass is 10.1. The Balaban J connectivity index is 1.64. The van der Waals surface area contributed by atoms with Gasteiger partial charge in [0.1, 0.15) is 18.7 Å². The number of hydrogen-bond acceptors (Lipinski definition) is 4. The van der Waals surface area contributed by atoms with Crippen molar-refractivity contribution >= 4 is 11.8 Å². The average Bonchev–Trinajstić information content (AvgIpc) is 3.25. The molecule has 7 heteroatoms. The van der Waals surface area contributed by atoms with Gasteiger partial charge in [0.25, 0.3) is 0 Å². The number of benzene rings is 1. The molecule has 1 aliphatic heterocycles. The first-order chi connectivity index (χ1) is 11.6. The summed E-state index contributed by atoms with van der Waals surface area (Å²) in [6.45, 7) is 3.22. The summed E-state index contributed by atoms with van der Waals surface area (Å²) >= 11 is 0. The molecule has 0 spiro atoms. The highest BCUT2D eigenvalue weighted by Crippen LogP contribution is 2.18. The third-order valence-corrected chi connectivity index (χ3v) is 4.33. The van der Waals surface area contributed by atoms with E-state index < -0.39 is 0 Å². The number of nitrogens with one attached hydrogen (secondary N) is 1. The van der Waals surface area contributed by atoms with Crippen molar-refractivity contribution in [2.24, 2.45) is 0 Å². The monoisotopic (exact) mass is 327 g/mol. The van der Waals surface area contributed by atoms with Gasteiger partial charge in [-0.1, -0.05) is 24.3 Å². The van der Waals surface area contributed by atoms with Gasteiger partial charge in [0.05, 0.1) is 6.54 Å². The minimum absolute atomic E-state index is 0.0424. The predicted octanol–water partition coefficient (Wildman–Crippen LogP) is 0.953. The molecule has 1 atom stereocenters. The Morgan fingerprint density at radius 1 is 1.29 bits per heavy atom. The summed E-state index contributed by atoms with van der Waals surface area (Å²) in [6, 6.07) is 7.57. The molecule has 0 radical (unpaired) electrons. The molecule has 24 heavy (non-hydrogen) atoms. The van der Waals surface area contributed by atoms with E-state index in [0.29, 0.717) is 19.6 Å². The van der Waals surface area contributed by atoms with Gasteiger partial charge in [-0.3, -0.25) is 9.59 Å². The van der Waals surface area contributed by atoms with Crippen LogP contribution in [0.4, 0.5) is 0 Å². The SMILES string of the molecule is CC(=O)N1CCCC1C(=O)NCc1ccccc1Cn1cncn1. The second-order valence-corrected chi connectivity index (χ2v) is 5.95. The fourth-order valence-electron chi connectivity index (χ4n) is 3.09. The molecule has 1 fully saturated rings. The molecular weight excluding hydrogens is 306 g/mol. The maximum Gasteiger partial charge on any atom is 0.243 e. The van der Waals surface area contributed by atoms with Gasteiger partial charge in [-0.2, -0.15) is 5.10 Å². The second kappa shape index (κ2) is 7.25. The molecule has 2 heterocycles. The fraction of sp³-hybridized carbons (Fsp3) is 0.412. The second-order valence-electron chi connectivity index (χ2n) is 5.95. The Morgan fingerprint density at radius 3 is 2.79 bits per heavy atom. The lowest BCUT2D eigenvalue weighted by molar-refractivity contribution is -0.136. The van der Waals surface area contributed by atoms with Crippen molar-refractivity contribution in [2.45, 2.75) is 38.9 Å². The summed E-state index contributed by atoms with van der Waals surface area (Å²) in [5.74, 6) is -0.127. The Bertz CT molecular complexity index is 714. The molecule has 0 bridgehead atoms. The van der Waals surface area contributed by atoms with Crippen LogP contribution in [0, 0.1) is 0 Å². The molecule has 1 unspecified atom stereocenters. The zero-order valence-corrected chi connectivity index (χ0v) is 13.7. The standard InChI is InChI=1S/C17H21N5O2/c1-13(23)22-8-4-7-16(22)17(24)19-9-14-5-2-3-6-15(14)10-21-12-18-11-20-21/h2-3,5-6,11-12,16H,4,7-10H2,1H3,(H,19,24). The van der Waals surface area contributed by atoms with Gasteiger partial charge < -0.3 is 10.2 Å². The highest BCUT2D eigenvalue weighted by Gasteiger charge is 2.32. The van der Waals surface area contributed by atoms with Crippen LogP contribution < -0.4 is 5.32 Å². The number of carbonyl (C=O) groups is 2. The van der Waals surface area contributed by atoms with Gasteiger partial charge in [-0.15, -0.1) is 0 Å². The van der Waals surface area contributed by atoms with Crippen LogP contribution >= 0.6 is 0 Å². The van der Waals surface area contributed by atoms with Crippen molar-refractivity contribution in [3.8, 4) is 0 Å². The van der Waals surface area contributed by atoms with Crippen molar-refractivity contribution in [3.05, 3.63) is 48.0 Å². The Kier molecular flexibility index (Phi) is 4.88. The minimum Gasteiger partial charge on any atom is -0.350 e. The van der Waals surface area contributed by atoms with Crippen LogP contribution in [0.2, 0.25) is 0 Å². The normalized spacial score (nSPS) is 17.0. The Hall–Kier alpha value is -2.70. The topological polar surface area (TPSA) is 80.1 Å². The van der Waals surface area contributed by atoms with E-state index in [1.165, 1.54) is 13.3 Å². The molecule has 126 valence electrons. The van der Waals surface area contributed by atoms with Crippen molar-refractivity contribution < 1.29 is 9.59 Å². The number of nitrogens with zero attached hydrogens (tertiary/aromatic N) is 4. The van der Waals surface area contributed by atoms with Gasteiger partial charge in [-0.25, -0.2) is 9.67 Å². The largest absolute Gasteiger partial charge is 0.350 e. The predicted molar refractivity (Wildman–Crippen MR) is 87.8 cm³/mol. The first-order valence-corrected chi connectivity index (χ1v) is 8.09. The van der Waals surface area contributed by atoms with Gasteiger partial charge in [0, 0.05) is 20.0 Å². The minimum atomic E-state index is -0.343. The van der Waals surface area contributed by atoms with Crippen molar-refractivity contribution in [3.63, 3.8) is 0 Å². The lowest BCUT2D eigenvalue weighted by Crippen LogP contribution is -2.45. The zero-order valence-electron chi connectivity index (χ0n) is 13.7. The number of carbonyl (C=O) groups excluding carboxylic acids is 2. The Labute approximate surface area is 140 Å². The molecule has 1 saturated heterocycles. The summed E-state index contributed by atoms with van der Waals surface area (Å²) in [5, 5.41) is 7.08. The van der Waals surface area contributed by atoms with Gasteiger partial charge in [-0.05, 0) is 24.0 Å². The van der Waals surface area contributed by atoms with E-state index in [-0.39, 0.29) is 17.9 Å². The quantitative estimate of drug-likeness (QED) is 0.887. The van der Waals surface area contributed by atoms with Crippen LogP contribution in [-0.2, 0) is 22.7 Å². The molecule has 7 nitrogen and oxygen atoms in total. The molecule has 3 rings (SSSR count). The summed E-state index contributed by atoms with van der Waals surface area (Å²) in [6.07, 6.45) is 4.77. The average molecular weight is 327 g/mol. The van der Waals surface area contributed by atoms with E-state index in [4.69, 9.17) is 0 Å². The zero-order chi connectivity index (χ0) is 16.9. The summed E-state index contributed by atoms with van der Waals surface area (Å²) in [7, 11) is 0. The van der Waals surface area contributed by atoms with E-state index in [1.807, 2.05) is 24.3 Å². The van der Waals surface area contributed by atoms with Gasteiger partial charge in [0.2, 0.25) is 11.8 Å². The smallest absolute Gasteiger partial charge is 0.243 e. The maximum atomic E-state index is 12.4. The van der Waals surface area contributed by atoms with Crippen molar-refractivity contribution in [1.82, 2.24) is 25.0 Å². The van der Waals surface area contributed by atoms with Crippen molar-refractivity contribution in [2.75, 3.05) is 6.54 Å². The third kappa shape index (κ3) is 3.61. The molecule has 0 aliphatic carbocycles. The number of hydrogen-bond donors (Lipinski definition) is 1. The summed E-state index contributed by atoms with van der Waals surface area (Å²) < 4.78 is 1.75. The van der Waals surface area contributed by atoms with Crippen molar-refractivity contribution in [1.29, 1.82) is 0 Å². The summed E-state index contributed by atoms with van der Waals surface area (Å²) in [5.41, 5.74) is 2.12. The molecule has 1 aromatic heterocycles. The van der Waals surface area contributed by atoms with E-state index in [0.717, 1.165) is 24.0 Å². The summed E-state index contributed by atoms with van der Waals surface area (Å²) in [4.78, 5) is 29.6. The highest BCUT2D eigenvalue weighted by atomic mass is 16.2.